The third kappa shape index (κ3) is 3.27. The van der Waals surface area contributed by atoms with E-state index in [9.17, 15) is 18.8 Å². The lowest BCUT2D eigenvalue weighted by molar-refractivity contribution is -0.131. The molecule has 1 aliphatic heterocycles. The first-order chi connectivity index (χ1) is 12.0. The van der Waals surface area contributed by atoms with E-state index in [0.29, 0.717) is 15.6 Å². The number of rotatable bonds is 3. The Hall–Kier alpha value is -3.06. The maximum atomic E-state index is 13.9. The second-order valence-corrected chi connectivity index (χ2v) is 5.53. The Bertz CT molecular complexity index is 900. The average molecular weight is 360 g/mol. The number of benzene rings is 2. The Balaban J connectivity index is 1.94. The molecule has 0 radical (unpaired) electrons. The van der Waals surface area contributed by atoms with Gasteiger partial charge in [-0.3, -0.25) is 19.9 Å². The monoisotopic (exact) mass is 359 g/mol. The summed E-state index contributed by atoms with van der Waals surface area (Å²) >= 11 is 5.97. The number of hydrogen-bond donors (Lipinski definition) is 1. The number of carbonyl (C=O) groups is 3. The Morgan fingerprint density at radius 1 is 1.08 bits per heavy atom. The highest BCUT2D eigenvalue weighted by Crippen LogP contribution is 2.26. The summed E-state index contributed by atoms with van der Waals surface area (Å²) in [6.45, 7) is 0. The van der Waals surface area contributed by atoms with Gasteiger partial charge >= 0.3 is 6.03 Å². The van der Waals surface area contributed by atoms with Crippen molar-refractivity contribution in [2.24, 2.45) is 10.9 Å². The molecule has 1 atom stereocenters. The molecule has 126 valence electrons. The van der Waals surface area contributed by atoms with Crippen LogP contribution in [0.25, 0.3) is 0 Å². The van der Waals surface area contributed by atoms with Crippen LogP contribution < -0.4 is 10.2 Å². The van der Waals surface area contributed by atoms with Crippen LogP contribution in [0.4, 0.5) is 20.6 Å². The number of aliphatic imine (C=N–C) groups is 1. The molecule has 3 rings (SSSR count). The number of urea groups is 1. The molecule has 25 heavy (non-hydrogen) atoms. The minimum Gasteiger partial charge on any atom is -0.276 e. The van der Waals surface area contributed by atoms with E-state index >= 15 is 0 Å². The highest BCUT2D eigenvalue weighted by molar-refractivity contribution is 6.34. The Morgan fingerprint density at radius 2 is 1.76 bits per heavy atom. The first-order valence-corrected chi connectivity index (χ1v) is 7.59. The molecule has 6 nitrogen and oxygen atoms in total. The molecule has 1 N–H and O–H groups in total. The molecule has 0 spiro atoms. The van der Waals surface area contributed by atoms with Gasteiger partial charge in [0.15, 0.2) is 5.92 Å². The van der Waals surface area contributed by atoms with E-state index in [4.69, 9.17) is 11.6 Å². The van der Waals surface area contributed by atoms with Crippen LogP contribution in [0.15, 0.2) is 53.5 Å². The largest absolute Gasteiger partial charge is 0.335 e. The molecule has 1 aliphatic rings. The molecule has 0 bridgehead atoms. The summed E-state index contributed by atoms with van der Waals surface area (Å²) in [4.78, 5) is 41.1. The van der Waals surface area contributed by atoms with Gasteiger partial charge in [0, 0.05) is 6.21 Å². The summed E-state index contributed by atoms with van der Waals surface area (Å²) < 4.78 is 13.9. The number of para-hydroxylation sites is 2. The molecule has 0 aliphatic carbocycles. The van der Waals surface area contributed by atoms with Gasteiger partial charge in [-0.25, -0.2) is 14.1 Å². The van der Waals surface area contributed by atoms with Crippen molar-refractivity contribution in [3.8, 4) is 0 Å². The third-order valence-electron chi connectivity index (χ3n) is 3.51. The molecule has 4 amide bonds. The smallest absolute Gasteiger partial charge is 0.276 e. The van der Waals surface area contributed by atoms with Crippen LogP contribution in [0.5, 0.6) is 0 Å². The van der Waals surface area contributed by atoms with Crippen molar-refractivity contribution in [1.82, 2.24) is 5.32 Å². The van der Waals surface area contributed by atoms with Crippen molar-refractivity contribution in [2.75, 3.05) is 4.90 Å². The van der Waals surface area contributed by atoms with Crippen molar-refractivity contribution in [2.45, 2.75) is 0 Å². The predicted molar refractivity (Wildman–Crippen MR) is 90.5 cm³/mol. The quantitative estimate of drug-likeness (QED) is 0.675. The normalized spacial score (nSPS) is 17.9. The van der Waals surface area contributed by atoms with Crippen molar-refractivity contribution < 1.29 is 18.8 Å². The molecule has 1 fully saturated rings. The minimum absolute atomic E-state index is 0.242. The van der Waals surface area contributed by atoms with Crippen molar-refractivity contribution >= 4 is 47.0 Å². The Labute approximate surface area is 146 Å². The molecular weight excluding hydrogens is 349 g/mol. The van der Waals surface area contributed by atoms with Gasteiger partial charge < -0.3 is 0 Å². The van der Waals surface area contributed by atoms with Gasteiger partial charge in [-0.15, -0.1) is 0 Å². The first-order valence-electron chi connectivity index (χ1n) is 7.21. The van der Waals surface area contributed by atoms with Gasteiger partial charge in [-0.2, -0.15) is 0 Å². The number of halogens is 2. The van der Waals surface area contributed by atoms with Gasteiger partial charge in [0.1, 0.15) is 5.82 Å². The Morgan fingerprint density at radius 3 is 2.48 bits per heavy atom. The maximum Gasteiger partial charge on any atom is 0.335 e. The number of hydrogen-bond acceptors (Lipinski definition) is 4. The number of barbiturate groups is 1. The molecule has 0 unspecified atom stereocenters. The van der Waals surface area contributed by atoms with Gasteiger partial charge in [-0.1, -0.05) is 35.9 Å². The lowest BCUT2D eigenvalue weighted by atomic mass is 10.1. The fourth-order valence-electron chi connectivity index (χ4n) is 2.29. The number of anilines is 1. The summed E-state index contributed by atoms with van der Waals surface area (Å²) in [6, 6.07) is 10.9. The fraction of sp³-hybridized carbons (Fsp3) is 0.0588. The zero-order chi connectivity index (χ0) is 18.0. The molecule has 1 heterocycles. The van der Waals surface area contributed by atoms with Gasteiger partial charge in [0.05, 0.1) is 16.4 Å². The minimum atomic E-state index is -1.38. The molecule has 2 aromatic carbocycles. The van der Waals surface area contributed by atoms with E-state index in [1.807, 2.05) is 5.32 Å². The van der Waals surface area contributed by atoms with Gasteiger partial charge in [0.2, 0.25) is 5.91 Å². The van der Waals surface area contributed by atoms with Crippen LogP contribution in [0.1, 0.15) is 0 Å². The van der Waals surface area contributed by atoms with Crippen molar-refractivity contribution in [1.29, 1.82) is 0 Å². The SMILES string of the molecule is O=C1NC(=O)N(c2ccccc2F)C(=O)[C@@H]1C=Nc1ccccc1Cl. The second kappa shape index (κ2) is 6.82. The molecular formula is C17H11ClFN3O3. The van der Waals surface area contributed by atoms with E-state index in [-0.39, 0.29) is 5.69 Å². The predicted octanol–water partition coefficient (Wildman–Crippen LogP) is 3.08. The van der Waals surface area contributed by atoms with Crippen LogP contribution in [0.3, 0.4) is 0 Å². The van der Waals surface area contributed by atoms with Crippen molar-refractivity contribution in [3.05, 3.63) is 59.4 Å². The third-order valence-corrected chi connectivity index (χ3v) is 3.83. The molecule has 0 saturated carbocycles. The van der Waals surface area contributed by atoms with E-state index in [0.717, 1.165) is 12.3 Å². The lowest BCUT2D eigenvalue weighted by Crippen LogP contribution is -2.58. The van der Waals surface area contributed by atoms with Crippen LogP contribution >= 0.6 is 11.6 Å². The van der Waals surface area contributed by atoms with E-state index in [2.05, 4.69) is 4.99 Å². The number of imide groups is 2. The zero-order valence-electron chi connectivity index (χ0n) is 12.6. The summed E-state index contributed by atoms with van der Waals surface area (Å²) in [7, 11) is 0. The molecule has 8 heteroatoms. The highest BCUT2D eigenvalue weighted by Gasteiger charge is 2.41. The van der Waals surface area contributed by atoms with Crippen LogP contribution in [0.2, 0.25) is 5.02 Å². The average Bonchev–Trinajstić information content (AvgIpc) is 2.57. The van der Waals surface area contributed by atoms with E-state index in [1.165, 1.54) is 18.2 Å². The molecule has 1 saturated heterocycles. The van der Waals surface area contributed by atoms with Gasteiger partial charge in [0.25, 0.3) is 5.91 Å². The van der Waals surface area contributed by atoms with E-state index in [1.54, 1.807) is 24.3 Å². The Kier molecular flexibility index (Phi) is 4.58. The lowest BCUT2D eigenvalue weighted by Gasteiger charge is -2.28. The second-order valence-electron chi connectivity index (χ2n) is 5.13. The number of carbonyl (C=O) groups excluding carboxylic acids is 3. The first kappa shape index (κ1) is 16.8. The number of amides is 4. The summed E-state index contributed by atoms with van der Waals surface area (Å²) in [5.41, 5.74) is 0.118. The maximum absolute atomic E-state index is 13.9. The van der Waals surface area contributed by atoms with E-state index < -0.39 is 29.6 Å². The topological polar surface area (TPSA) is 78.8 Å². The zero-order valence-corrected chi connectivity index (χ0v) is 13.4. The van der Waals surface area contributed by atoms with Crippen LogP contribution in [-0.4, -0.2) is 24.1 Å². The van der Waals surface area contributed by atoms with Crippen LogP contribution in [0, 0.1) is 11.7 Å². The standard InChI is InChI=1S/C17H11ClFN3O3/c18-11-5-1-3-7-13(11)20-9-10-15(23)21-17(25)22(16(10)24)14-8-4-2-6-12(14)19/h1-10H,(H,21,23,25)/t10-/m1/s1. The fourth-order valence-corrected chi connectivity index (χ4v) is 2.48. The molecule has 0 aromatic heterocycles. The van der Waals surface area contributed by atoms with Gasteiger partial charge in [-0.05, 0) is 24.3 Å². The number of nitrogens with zero attached hydrogens (tertiary/aromatic N) is 2. The van der Waals surface area contributed by atoms with Crippen molar-refractivity contribution in [3.63, 3.8) is 0 Å². The number of nitrogens with one attached hydrogen (secondary N) is 1. The molecule has 2 aromatic rings. The summed E-state index contributed by atoms with van der Waals surface area (Å²) in [5.74, 6) is -3.87. The highest BCUT2D eigenvalue weighted by atomic mass is 35.5. The van der Waals surface area contributed by atoms with Crippen LogP contribution in [-0.2, 0) is 9.59 Å². The summed E-state index contributed by atoms with van der Waals surface area (Å²) in [5, 5.41) is 2.36. The summed E-state index contributed by atoms with van der Waals surface area (Å²) in [6.07, 6.45) is 1.08.